The third-order valence-corrected chi connectivity index (χ3v) is 7.34. The lowest BCUT2D eigenvalue weighted by atomic mass is 9.96. The minimum absolute atomic E-state index is 0.0247. The summed E-state index contributed by atoms with van der Waals surface area (Å²) in [4.78, 5) is 51.1. The Morgan fingerprint density at radius 1 is 0.561 bits per heavy atom. The molecule has 0 rings (SSSR count). The molecule has 0 aromatic heterocycles. The van der Waals surface area contributed by atoms with Crippen LogP contribution in [0, 0.1) is 17.8 Å². The van der Waals surface area contributed by atoms with Crippen LogP contribution in [0.2, 0.25) is 0 Å². The topological polar surface area (TPSA) is 116 Å². The van der Waals surface area contributed by atoms with E-state index in [4.69, 9.17) is 0 Å². The zero-order valence-corrected chi connectivity index (χ0v) is 27.5. The van der Waals surface area contributed by atoms with Gasteiger partial charge in [0.1, 0.15) is 6.04 Å². The molecule has 0 fully saturated rings. The smallest absolute Gasteiger partial charge is 0.243 e. The number of hydrogen-bond donors (Lipinski definition) is 4. The van der Waals surface area contributed by atoms with Crippen molar-refractivity contribution in [2.45, 2.75) is 150 Å². The van der Waals surface area contributed by atoms with Gasteiger partial charge in [-0.3, -0.25) is 19.2 Å². The SMILES string of the molecule is CCNCCCCC(NC(=O)C(CCCCNC(=O)CCCCC(C)C)NC(=O)CCCCC(C)C)C(=O)C(C)C. The molecule has 3 amide bonds. The molecule has 0 radical (unpaired) electrons. The van der Waals surface area contributed by atoms with Crippen molar-refractivity contribution < 1.29 is 19.2 Å². The van der Waals surface area contributed by atoms with Crippen LogP contribution in [-0.4, -0.2) is 55.2 Å². The van der Waals surface area contributed by atoms with Crippen molar-refractivity contribution in [3.8, 4) is 0 Å². The largest absolute Gasteiger partial charge is 0.356 e. The zero-order valence-electron chi connectivity index (χ0n) is 27.5. The van der Waals surface area contributed by atoms with Gasteiger partial charge in [-0.2, -0.15) is 0 Å². The molecule has 41 heavy (non-hydrogen) atoms. The fourth-order valence-corrected chi connectivity index (χ4v) is 4.74. The van der Waals surface area contributed by atoms with Crippen molar-refractivity contribution in [3.63, 3.8) is 0 Å². The van der Waals surface area contributed by atoms with Crippen LogP contribution in [0.1, 0.15) is 138 Å². The first kappa shape index (κ1) is 39.0. The Hall–Kier alpha value is -1.96. The highest BCUT2D eigenvalue weighted by atomic mass is 16.2. The lowest BCUT2D eigenvalue weighted by Crippen LogP contribution is -2.52. The first-order valence-corrected chi connectivity index (χ1v) is 16.6. The minimum Gasteiger partial charge on any atom is -0.356 e. The number of Topliss-reactive ketones (excluding diaryl/α,β-unsaturated/α-hetero) is 1. The number of hydrogen-bond acceptors (Lipinski definition) is 5. The first-order valence-electron chi connectivity index (χ1n) is 16.6. The van der Waals surface area contributed by atoms with Gasteiger partial charge in [-0.25, -0.2) is 0 Å². The Balaban J connectivity index is 4.99. The average molecular weight is 581 g/mol. The molecule has 0 aliphatic heterocycles. The lowest BCUT2D eigenvalue weighted by molar-refractivity contribution is -0.132. The third kappa shape index (κ3) is 22.3. The van der Waals surface area contributed by atoms with E-state index in [-0.39, 0.29) is 29.4 Å². The second-order valence-electron chi connectivity index (χ2n) is 12.7. The number of unbranched alkanes of at least 4 members (excludes halogenated alkanes) is 4. The maximum atomic E-state index is 13.4. The van der Waals surface area contributed by atoms with Gasteiger partial charge in [0.2, 0.25) is 17.7 Å². The molecule has 0 bridgehead atoms. The third-order valence-electron chi connectivity index (χ3n) is 7.34. The fourth-order valence-electron chi connectivity index (χ4n) is 4.74. The predicted molar refractivity (Wildman–Crippen MR) is 170 cm³/mol. The van der Waals surface area contributed by atoms with Gasteiger partial charge in [-0.05, 0) is 76.3 Å². The van der Waals surface area contributed by atoms with Crippen LogP contribution in [0.5, 0.6) is 0 Å². The Labute approximate surface area is 251 Å². The highest BCUT2D eigenvalue weighted by Gasteiger charge is 2.27. The van der Waals surface area contributed by atoms with E-state index < -0.39 is 12.1 Å². The molecule has 0 spiro atoms. The molecule has 2 unspecified atom stereocenters. The highest BCUT2D eigenvalue weighted by molar-refractivity contribution is 5.93. The molecular weight excluding hydrogens is 516 g/mol. The summed E-state index contributed by atoms with van der Waals surface area (Å²) in [7, 11) is 0. The lowest BCUT2D eigenvalue weighted by Gasteiger charge is -2.24. The maximum absolute atomic E-state index is 13.4. The molecule has 8 nitrogen and oxygen atoms in total. The van der Waals surface area contributed by atoms with Crippen LogP contribution < -0.4 is 21.3 Å². The van der Waals surface area contributed by atoms with E-state index >= 15 is 0 Å². The van der Waals surface area contributed by atoms with Crippen molar-refractivity contribution in [2.75, 3.05) is 19.6 Å². The van der Waals surface area contributed by atoms with Gasteiger partial charge in [0.05, 0.1) is 6.04 Å². The van der Waals surface area contributed by atoms with Crippen molar-refractivity contribution in [2.24, 2.45) is 17.8 Å². The molecule has 2 atom stereocenters. The summed E-state index contributed by atoms with van der Waals surface area (Å²) in [5.41, 5.74) is 0. The Morgan fingerprint density at radius 2 is 1.07 bits per heavy atom. The molecule has 0 heterocycles. The number of rotatable bonds is 26. The van der Waals surface area contributed by atoms with Crippen LogP contribution >= 0.6 is 0 Å². The van der Waals surface area contributed by atoms with E-state index in [0.29, 0.717) is 50.5 Å². The quantitative estimate of drug-likeness (QED) is 0.0983. The van der Waals surface area contributed by atoms with Gasteiger partial charge in [0.15, 0.2) is 5.78 Å². The maximum Gasteiger partial charge on any atom is 0.243 e. The molecule has 0 aromatic carbocycles. The summed E-state index contributed by atoms with van der Waals surface area (Å²) < 4.78 is 0. The highest BCUT2D eigenvalue weighted by Crippen LogP contribution is 2.12. The van der Waals surface area contributed by atoms with Gasteiger partial charge < -0.3 is 21.3 Å². The number of nitrogens with one attached hydrogen (secondary N) is 4. The summed E-state index contributed by atoms with van der Waals surface area (Å²) in [6, 6.07) is -1.24. The fraction of sp³-hybridized carbons (Fsp3) is 0.879. The van der Waals surface area contributed by atoms with Crippen LogP contribution in [0.4, 0.5) is 0 Å². The number of carbonyl (C=O) groups excluding carboxylic acids is 4. The Bertz CT molecular complexity index is 724. The van der Waals surface area contributed by atoms with E-state index in [9.17, 15) is 19.2 Å². The molecule has 0 aliphatic rings. The van der Waals surface area contributed by atoms with Crippen LogP contribution in [-0.2, 0) is 19.2 Å². The van der Waals surface area contributed by atoms with Crippen LogP contribution in [0.15, 0.2) is 0 Å². The molecule has 0 aromatic rings. The zero-order chi connectivity index (χ0) is 31.0. The van der Waals surface area contributed by atoms with Crippen molar-refractivity contribution >= 4 is 23.5 Å². The summed E-state index contributed by atoms with van der Waals surface area (Å²) in [6.07, 6.45) is 11.1. The second-order valence-corrected chi connectivity index (χ2v) is 12.7. The summed E-state index contributed by atoms with van der Waals surface area (Å²) in [5, 5.41) is 12.2. The van der Waals surface area contributed by atoms with Crippen molar-refractivity contribution in [1.82, 2.24) is 21.3 Å². The summed E-state index contributed by atoms with van der Waals surface area (Å²) in [5.74, 6) is 0.757. The van der Waals surface area contributed by atoms with E-state index in [2.05, 4.69) is 55.9 Å². The van der Waals surface area contributed by atoms with Gasteiger partial charge in [0.25, 0.3) is 0 Å². The molecule has 240 valence electrons. The van der Waals surface area contributed by atoms with Crippen LogP contribution in [0.25, 0.3) is 0 Å². The van der Waals surface area contributed by atoms with Crippen molar-refractivity contribution in [1.29, 1.82) is 0 Å². The van der Waals surface area contributed by atoms with Crippen molar-refractivity contribution in [3.05, 3.63) is 0 Å². The van der Waals surface area contributed by atoms with E-state index in [1.165, 1.54) is 0 Å². The van der Waals surface area contributed by atoms with Gasteiger partial charge in [0, 0.05) is 25.3 Å². The Morgan fingerprint density at radius 3 is 1.61 bits per heavy atom. The summed E-state index contributed by atoms with van der Waals surface area (Å²) >= 11 is 0. The molecule has 4 N–H and O–H groups in total. The van der Waals surface area contributed by atoms with Gasteiger partial charge in [-0.15, -0.1) is 0 Å². The second kappa shape index (κ2) is 24.6. The average Bonchev–Trinajstić information content (AvgIpc) is 2.91. The number of amides is 3. The minimum atomic E-state index is -0.691. The summed E-state index contributed by atoms with van der Waals surface area (Å²) in [6.45, 7) is 16.9. The molecule has 0 saturated carbocycles. The first-order chi connectivity index (χ1) is 19.5. The van der Waals surface area contributed by atoms with Crippen LogP contribution in [0.3, 0.4) is 0 Å². The normalized spacial score (nSPS) is 12.9. The molecular formula is C33H64N4O4. The molecule has 0 saturated heterocycles. The predicted octanol–water partition coefficient (Wildman–Crippen LogP) is 5.68. The number of carbonyl (C=O) groups is 4. The van der Waals surface area contributed by atoms with E-state index in [1.54, 1.807) is 0 Å². The monoisotopic (exact) mass is 580 g/mol. The number of ketones is 1. The standard InChI is InChI=1S/C33H64N4O4/c1-8-34-23-15-13-19-28(32(40)27(6)7)37-33(41)29(36-31(39)22-12-10-18-26(4)5)20-14-16-24-35-30(38)21-11-9-17-25(2)3/h25-29,34H,8-24H2,1-7H3,(H,35,38)(H,36,39)(H,37,41). The molecule has 0 aliphatic carbocycles. The Kier molecular flexibility index (Phi) is 23.4. The van der Waals surface area contributed by atoms with Gasteiger partial charge in [-0.1, -0.05) is 74.1 Å². The van der Waals surface area contributed by atoms with E-state index in [0.717, 1.165) is 70.9 Å². The van der Waals surface area contributed by atoms with Gasteiger partial charge >= 0.3 is 0 Å². The van der Waals surface area contributed by atoms with E-state index in [1.807, 2.05) is 13.8 Å². The molecule has 8 heteroatoms.